The molecule has 0 spiro atoms. The van der Waals surface area contributed by atoms with E-state index in [1.54, 1.807) is 11.4 Å². The number of hydrogen-bond donors (Lipinski definition) is 2. The predicted molar refractivity (Wildman–Crippen MR) is 92.5 cm³/mol. The van der Waals surface area contributed by atoms with E-state index in [9.17, 15) is 9.59 Å². The Bertz CT molecular complexity index is 566. The van der Waals surface area contributed by atoms with E-state index < -0.39 is 5.97 Å². The lowest BCUT2D eigenvalue weighted by Gasteiger charge is -2.34. The molecule has 1 amide bonds. The highest BCUT2D eigenvalue weighted by molar-refractivity contribution is 7.12. The number of rotatable bonds is 4. The molecular weight excluding hydrogens is 338 g/mol. The van der Waals surface area contributed by atoms with E-state index in [1.165, 1.54) is 24.9 Å². The number of halogens is 1. The Morgan fingerprint density at radius 2 is 2.30 bits per heavy atom. The molecule has 0 aliphatic carbocycles. The highest BCUT2D eigenvalue weighted by atomic mass is 35.5. The number of nitrogens with zero attached hydrogens (tertiary/aromatic N) is 1. The number of nitrogens with one attached hydrogen (secondary N) is 2. The van der Waals surface area contributed by atoms with E-state index in [4.69, 9.17) is 4.74 Å². The molecule has 3 rings (SSSR count). The summed E-state index contributed by atoms with van der Waals surface area (Å²) >= 11 is 1.27. The van der Waals surface area contributed by atoms with Gasteiger partial charge in [-0.2, -0.15) is 0 Å². The van der Waals surface area contributed by atoms with Crippen molar-refractivity contribution in [1.82, 2.24) is 10.2 Å². The molecule has 0 saturated carbocycles. The van der Waals surface area contributed by atoms with Gasteiger partial charge in [-0.1, -0.05) is 0 Å². The summed E-state index contributed by atoms with van der Waals surface area (Å²) in [6.07, 6.45) is 2.30. The van der Waals surface area contributed by atoms with Crippen LogP contribution in [0, 0.1) is 5.92 Å². The van der Waals surface area contributed by atoms with Crippen LogP contribution in [0.4, 0.5) is 5.69 Å². The number of amides is 1. The highest BCUT2D eigenvalue weighted by Gasteiger charge is 2.33. The Balaban J connectivity index is 0.00000192. The molecule has 1 aromatic rings. The molecule has 3 heterocycles. The van der Waals surface area contributed by atoms with E-state index in [-0.39, 0.29) is 18.3 Å². The van der Waals surface area contributed by atoms with Crippen LogP contribution < -0.4 is 10.6 Å². The fourth-order valence-corrected chi connectivity index (χ4v) is 4.08. The van der Waals surface area contributed by atoms with Gasteiger partial charge in [0.1, 0.15) is 4.88 Å². The smallest absolute Gasteiger partial charge is 0.350 e. The van der Waals surface area contributed by atoms with Gasteiger partial charge in [-0.05, 0) is 36.8 Å². The average molecular weight is 360 g/mol. The van der Waals surface area contributed by atoms with Crippen LogP contribution in [0.2, 0.25) is 0 Å². The van der Waals surface area contributed by atoms with Crippen LogP contribution in [0.5, 0.6) is 0 Å². The maximum Gasteiger partial charge on any atom is 0.350 e. The van der Waals surface area contributed by atoms with Crippen molar-refractivity contribution in [3.05, 3.63) is 16.3 Å². The fourth-order valence-electron chi connectivity index (χ4n) is 3.32. The summed E-state index contributed by atoms with van der Waals surface area (Å²) in [4.78, 5) is 26.5. The van der Waals surface area contributed by atoms with E-state index in [0.717, 1.165) is 26.1 Å². The van der Waals surface area contributed by atoms with Crippen LogP contribution >= 0.6 is 23.7 Å². The molecule has 0 radical (unpaired) electrons. The average Bonchev–Trinajstić information content (AvgIpc) is 3.14. The van der Waals surface area contributed by atoms with Crippen LogP contribution in [-0.2, 0) is 9.53 Å². The number of likely N-dealkylation sites (tertiary alicyclic amines) is 1. The van der Waals surface area contributed by atoms with Crippen molar-refractivity contribution < 1.29 is 14.3 Å². The lowest BCUT2D eigenvalue weighted by molar-refractivity contribution is -0.117. The van der Waals surface area contributed by atoms with Crippen LogP contribution in [0.25, 0.3) is 0 Å². The van der Waals surface area contributed by atoms with Gasteiger partial charge in [0.05, 0.1) is 19.3 Å². The molecule has 0 bridgehead atoms. The molecule has 2 N–H and O–H groups in total. The molecular formula is C15H22ClN3O3S. The van der Waals surface area contributed by atoms with Crippen molar-refractivity contribution in [2.24, 2.45) is 5.92 Å². The molecule has 128 valence electrons. The molecule has 1 aromatic heterocycles. The Morgan fingerprint density at radius 1 is 1.48 bits per heavy atom. The standard InChI is InChI=1S/C15H21N3O3S.ClH/c1-21-15(20)14-12(4-7-22-14)17-13(19)9-18-6-3-11-10(8-18)2-5-16-11;/h4,7,10-11,16H,2-3,5-6,8-9H2,1H3,(H,17,19);1H. The molecule has 2 fully saturated rings. The summed E-state index contributed by atoms with van der Waals surface area (Å²) < 4.78 is 4.72. The van der Waals surface area contributed by atoms with Gasteiger partial charge in [-0.25, -0.2) is 4.79 Å². The van der Waals surface area contributed by atoms with E-state index in [0.29, 0.717) is 29.1 Å². The van der Waals surface area contributed by atoms with Gasteiger partial charge in [0, 0.05) is 19.1 Å². The lowest BCUT2D eigenvalue weighted by atomic mass is 9.93. The van der Waals surface area contributed by atoms with Gasteiger partial charge in [0.15, 0.2) is 0 Å². The second-order valence-electron chi connectivity index (χ2n) is 5.84. The zero-order chi connectivity index (χ0) is 15.5. The summed E-state index contributed by atoms with van der Waals surface area (Å²) in [6.45, 7) is 3.38. The maximum absolute atomic E-state index is 12.2. The summed E-state index contributed by atoms with van der Waals surface area (Å²) in [5.41, 5.74) is 0.541. The Labute approximate surface area is 146 Å². The van der Waals surface area contributed by atoms with Crippen molar-refractivity contribution in [3.8, 4) is 0 Å². The number of piperidine rings is 1. The van der Waals surface area contributed by atoms with Crippen molar-refractivity contribution in [2.75, 3.05) is 38.6 Å². The second-order valence-corrected chi connectivity index (χ2v) is 6.75. The number of carbonyl (C=O) groups is 2. The quantitative estimate of drug-likeness (QED) is 0.799. The van der Waals surface area contributed by atoms with Gasteiger partial charge in [0.25, 0.3) is 0 Å². The van der Waals surface area contributed by atoms with Gasteiger partial charge < -0.3 is 15.4 Å². The third-order valence-electron chi connectivity index (χ3n) is 4.42. The molecule has 2 atom stereocenters. The second kappa shape index (κ2) is 8.10. The van der Waals surface area contributed by atoms with Crippen LogP contribution in [-0.4, -0.2) is 56.1 Å². The zero-order valence-corrected chi connectivity index (χ0v) is 14.7. The summed E-state index contributed by atoms with van der Waals surface area (Å²) in [5.74, 6) is 0.171. The Hall–Kier alpha value is -1.15. The molecule has 6 nitrogen and oxygen atoms in total. The number of anilines is 1. The number of esters is 1. The van der Waals surface area contributed by atoms with E-state index >= 15 is 0 Å². The summed E-state index contributed by atoms with van der Waals surface area (Å²) in [6, 6.07) is 2.36. The summed E-state index contributed by atoms with van der Waals surface area (Å²) in [5, 5.41) is 8.12. The lowest BCUT2D eigenvalue weighted by Crippen LogP contribution is -2.46. The van der Waals surface area contributed by atoms with Crippen molar-refractivity contribution in [2.45, 2.75) is 18.9 Å². The van der Waals surface area contributed by atoms with Crippen LogP contribution in [0.15, 0.2) is 11.4 Å². The molecule has 2 unspecified atom stereocenters. The molecule has 2 aliphatic rings. The molecule has 23 heavy (non-hydrogen) atoms. The first-order chi connectivity index (χ1) is 10.7. The molecule has 8 heteroatoms. The minimum Gasteiger partial charge on any atom is -0.465 e. The normalized spacial score (nSPS) is 23.7. The minimum absolute atomic E-state index is 0. The third kappa shape index (κ3) is 4.23. The Kier molecular flexibility index (Phi) is 6.41. The number of methoxy groups -OCH3 is 1. The van der Waals surface area contributed by atoms with Crippen LogP contribution in [0.3, 0.4) is 0 Å². The third-order valence-corrected chi connectivity index (χ3v) is 5.31. The van der Waals surface area contributed by atoms with E-state index in [2.05, 4.69) is 15.5 Å². The zero-order valence-electron chi connectivity index (χ0n) is 13.0. The topological polar surface area (TPSA) is 70.7 Å². The van der Waals surface area contributed by atoms with Crippen molar-refractivity contribution in [3.63, 3.8) is 0 Å². The number of thiophene rings is 1. The first-order valence-corrected chi connectivity index (χ1v) is 8.46. The van der Waals surface area contributed by atoms with E-state index in [1.807, 2.05) is 0 Å². The Morgan fingerprint density at radius 3 is 3.09 bits per heavy atom. The first kappa shape index (κ1) is 18.2. The first-order valence-electron chi connectivity index (χ1n) is 7.58. The van der Waals surface area contributed by atoms with Gasteiger partial charge in [0.2, 0.25) is 5.91 Å². The summed E-state index contributed by atoms with van der Waals surface area (Å²) in [7, 11) is 1.34. The van der Waals surface area contributed by atoms with Crippen molar-refractivity contribution in [1.29, 1.82) is 0 Å². The monoisotopic (exact) mass is 359 g/mol. The predicted octanol–water partition coefficient (Wildman–Crippen LogP) is 1.58. The number of carbonyl (C=O) groups excluding carboxylic acids is 2. The number of hydrogen-bond acceptors (Lipinski definition) is 6. The fraction of sp³-hybridized carbons (Fsp3) is 0.600. The molecule has 2 aliphatic heterocycles. The van der Waals surface area contributed by atoms with Gasteiger partial charge in [-0.3, -0.25) is 9.69 Å². The molecule has 0 aromatic carbocycles. The highest BCUT2D eigenvalue weighted by Crippen LogP contribution is 2.25. The van der Waals surface area contributed by atoms with Gasteiger partial charge >= 0.3 is 5.97 Å². The van der Waals surface area contributed by atoms with Crippen LogP contribution in [0.1, 0.15) is 22.5 Å². The minimum atomic E-state index is -0.414. The van der Waals surface area contributed by atoms with Gasteiger partial charge in [-0.15, -0.1) is 23.7 Å². The van der Waals surface area contributed by atoms with Crippen molar-refractivity contribution >= 4 is 41.3 Å². The number of fused-ring (bicyclic) bond motifs is 1. The maximum atomic E-state index is 12.2. The SMILES string of the molecule is COC(=O)c1sccc1NC(=O)CN1CCC2NCCC2C1.Cl. The molecule has 2 saturated heterocycles. The largest absolute Gasteiger partial charge is 0.465 e. The number of ether oxygens (including phenoxy) is 1.